The zero-order valence-corrected chi connectivity index (χ0v) is 11.8. The maximum absolute atomic E-state index is 11.3. The number of halogens is 1. The van der Waals surface area contributed by atoms with Crippen molar-refractivity contribution in [2.24, 2.45) is 0 Å². The molecule has 0 saturated heterocycles. The molecule has 0 aromatic heterocycles. The Morgan fingerprint density at radius 3 is 2.47 bits per heavy atom. The van der Waals surface area contributed by atoms with E-state index >= 15 is 0 Å². The Morgan fingerprint density at radius 1 is 1.35 bits per heavy atom. The summed E-state index contributed by atoms with van der Waals surface area (Å²) >= 11 is 0. The Balaban J connectivity index is 3.18. The van der Waals surface area contributed by atoms with Gasteiger partial charge in [0, 0.05) is 10.7 Å². The van der Waals surface area contributed by atoms with Gasteiger partial charge in [-0.3, -0.25) is 0 Å². The first kappa shape index (κ1) is 14.3. The van der Waals surface area contributed by atoms with Crippen LogP contribution in [0.1, 0.15) is 38.7 Å². The third-order valence-electron chi connectivity index (χ3n) is 2.35. The molecule has 0 unspecified atom stereocenters. The monoisotopic (exact) mass is 276 g/mol. The van der Waals surface area contributed by atoms with Gasteiger partial charge in [-0.15, -0.1) is 0 Å². The molecule has 0 amide bonds. The van der Waals surface area contributed by atoms with Crippen molar-refractivity contribution < 1.29 is 13.2 Å². The summed E-state index contributed by atoms with van der Waals surface area (Å²) in [4.78, 5) is 0.117. The van der Waals surface area contributed by atoms with Gasteiger partial charge in [0.15, 0.2) is 0 Å². The number of ether oxygens (including phenoxy) is 1. The fourth-order valence-electron chi connectivity index (χ4n) is 1.47. The minimum absolute atomic E-state index is 0.117. The van der Waals surface area contributed by atoms with E-state index in [9.17, 15) is 8.42 Å². The molecule has 0 heterocycles. The summed E-state index contributed by atoms with van der Waals surface area (Å²) in [6.45, 7) is 6.61. The van der Waals surface area contributed by atoms with E-state index in [0.717, 1.165) is 17.7 Å². The van der Waals surface area contributed by atoms with Crippen LogP contribution in [0.15, 0.2) is 23.1 Å². The van der Waals surface area contributed by atoms with Crippen molar-refractivity contribution in [2.45, 2.75) is 38.0 Å². The van der Waals surface area contributed by atoms with Gasteiger partial charge >= 0.3 is 0 Å². The summed E-state index contributed by atoms with van der Waals surface area (Å²) in [6.07, 6.45) is 0.910. The van der Waals surface area contributed by atoms with Crippen molar-refractivity contribution >= 4 is 19.7 Å². The first-order chi connectivity index (χ1) is 7.86. The maximum atomic E-state index is 11.3. The Hall–Kier alpha value is -0.740. The van der Waals surface area contributed by atoms with Gasteiger partial charge in [0.1, 0.15) is 5.75 Å². The Morgan fingerprint density at radius 2 is 2.00 bits per heavy atom. The molecule has 0 aliphatic heterocycles. The normalized spacial score (nSPS) is 11.8. The third kappa shape index (κ3) is 3.89. The van der Waals surface area contributed by atoms with Crippen molar-refractivity contribution in [1.29, 1.82) is 0 Å². The molecule has 0 spiro atoms. The SMILES string of the molecule is CCCOc1ccc(S(=O)(=O)Cl)cc1C(C)C. The first-order valence-corrected chi connectivity index (χ1v) is 7.88. The second kappa shape index (κ2) is 5.74. The van der Waals surface area contributed by atoms with E-state index in [0.29, 0.717) is 6.61 Å². The second-order valence-electron chi connectivity index (χ2n) is 4.14. The standard InChI is InChI=1S/C12H17ClO3S/c1-4-7-16-12-6-5-10(17(13,14)15)8-11(12)9(2)3/h5-6,8-9H,4,7H2,1-3H3. The van der Waals surface area contributed by atoms with Crippen LogP contribution in [0.5, 0.6) is 5.75 Å². The van der Waals surface area contributed by atoms with Gasteiger partial charge in [-0.2, -0.15) is 0 Å². The Kier molecular flexibility index (Phi) is 4.83. The molecule has 1 aromatic carbocycles. The number of rotatable bonds is 5. The van der Waals surface area contributed by atoms with Gasteiger partial charge < -0.3 is 4.74 Å². The summed E-state index contributed by atoms with van der Waals surface area (Å²) in [6, 6.07) is 4.72. The van der Waals surface area contributed by atoms with Crippen molar-refractivity contribution in [3.8, 4) is 5.75 Å². The van der Waals surface area contributed by atoms with E-state index in [4.69, 9.17) is 15.4 Å². The van der Waals surface area contributed by atoms with Crippen LogP contribution in [-0.4, -0.2) is 15.0 Å². The van der Waals surface area contributed by atoms with Gasteiger partial charge in [0.2, 0.25) is 0 Å². The molecule has 5 heteroatoms. The third-order valence-corrected chi connectivity index (χ3v) is 3.70. The first-order valence-electron chi connectivity index (χ1n) is 5.57. The molecule has 0 radical (unpaired) electrons. The summed E-state index contributed by atoms with van der Waals surface area (Å²) in [5.74, 6) is 0.908. The van der Waals surface area contributed by atoms with Crippen LogP contribution in [0.25, 0.3) is 0 Å². The van der Waals surface area contributed by atoms with Gasteiger partial charge in [0.25, 0.3) is 9.05 Å². The zero-order valence-electron chi connectivity index (χ0n) is 10.2. The largest absolute Gasteiger partial charge is 0.493 e. The molecular weight excluding hydrogens is 260 g/mol. The average Bonchev–Trinajstić information content (AvgIpc) is 2.24. The predicted molar refractivity (Wildman–Crippen MR) is 69.4 cm³/mol. The smallest absolute Gasteiger partial charge is 0.261 e. The maximum Gasteiger partial charge on any atom is 0.261 e. The van der Waals surface area contributed by atoms with Crippen LogP contribution in [0.3, 0.4) is 0 Å². The summed E-state index contributed by atoms with van der Waals surface area (Å²) in [5, 5.41) is 0. The van der Waals surface area contributed by atoms with E-state index < -0.39 is 9.05 Å². The lowest BCUT2D eigenvalue weighted by Crippen LogP contribution is -2.02. The minimum Gasteiger partial charge on any atom is -0.493 e. The van der Waals surface area contributed by atoms with Gasteiger partial charge in [-0.25, -0.2) is 8.42 Å². The van der Waals surface area contributed by atoms with E-state index in [2.05, 4.69) is 0 Å². The van der Waals surface area contributed by atoms with Crippen LogP contribution in [0, 0.1) is 0 Å². The fraction of sp³-hybridized carbons (Fsp3) is 0.500. The van der Waals surface area contributed by atoms with E-state index in [1.165, 1.54) is 6.07 Å². The lowest BCUT2D eigenvalue weighted by Gasteiger charge is -2.14. The van der Waals surface area contributed by atoms with Crippen LogP contribution in [0.4, 0.5) is 0 Å². The van der Waals surface area contributed by atoms with Crippen LogP contribution in [-0.2, 0) is 9.05 Å². The zero-order chi connectivity index (χ0) is 13.1. The summed E-state index contributed by atoms with van der Waals surface area (Å²) in [7, 11) is 1.64. The highest BCUT2D eigenvalue weighted by Gasteiger charge is 2.15. The Labute approximate surface area is 107 Å². The number of benzene rings is 1. The molecule has 1 rings (SSSR count). The van der Waals surface area contributed by atoms with E-state index in [-0.39, 0.29) is 10.8 Å². The Bertz CT molecular complexity index is 481. The lowest BCUT2D eigenvalue weighted by atomic mass is 10.0. The molecule has 96 valence electrons. The molecule has 0 fully saturated rings. The number of hydrogen-bond acceptors (Lipinski definition) is 3. The number of hydrogen-bond donors (Lipinski definition) is 0. The van der Waals surface area contributed by atoms with Crippen LogP contribution < -0.4 is 4.74 Å². The topological polar surface area (TPSA) is 43.4 Å². The molecule has 17 heavy (non-hydrogen) atoms. The highest BCUT2D eigenvalue weighted by atomic mass is 35.7. The summed E-state index contributed by atoms with van der Waals surface area (Å²) in [5.41, 5.74) is 0.861. The average molecular weight is 277 g/mol. The highest BCUT2D eigenvalue weighted by molar-refractivity contribution is 8.13. The highest BCUT2D eigenvalue weighted by Crippen LogP contribution is 2.30. The molecule has 0 atom stereocenters. The predicted octanol–water partition coefficient (Wildman–Crippen LogP) is 3.53. The molecular formula is C12H17ClO3S. The molecule has 0 N–H and O–H groups in total. The van der Waals surface area contributed by atoms with Crippen molar-refractivity contribution in [1.82, 2.24) is 0 Å². The van der Waals surface area contributed by atoms with Gasteiger partial charge in [-0.05, 0) is 36.1 Å². The fourth-order valence-corrected chi connectivity index (χ4v) is 2.26. The molecule has 0 saturated carbocycles. The van der Waals surface area contributed by atoms with Crippen molar-refractivity contribution in [2.75, 3.05) is 6.61 Å². The minimum atomic E-state index is -3.68. The molecule has 3 nitrogen and oxygen atoms in total. The van der Waals surface area contributed by atoms with E-state index in [1.54, 1.807) is 12.1 Å². The molecule has 0 aliphatic carbocycles. The van der Waals surface area contributed by atoms with Gasteiger partial charge in [-0.1, -0.05) is 20.8 Å². The lowest BCUT2D eigenvalue weighted by molar-refractivity contribution is 0.312. The second-order valence-corrected chi connectivity index (χ2v) is 6.71. The quantitative estimate of drug-likeness (QED) is 0.773. The molecule has 0 aliphatic rings. The summed E-state index contributed by atoms with van der Waals surface area (Å²) < 4.78 is 28.1. The van der Waals surface area contributed by atoms with Crippen molar-refractivity contribution in [3.63, 3.8) is 0 Å². The van der Waals surface area contributed by atoms with Crippen LogP contribution >= 0.6 is 10.7 Å². The van der Waals surface area contributed by atoms with Crippen LogP contribution in [0.2, 0.25) is 0 Å². The van der Waals surface area contributed by atoms with E-state index in [1.807, 2.05) is 20.8 Å². The van der Waals surface area contributed by atoms with Gasteiger partial charge in [0.05, 0.1) is 11.5 Å². The van der Waals surface area contributed by atoms with Crippen molar-refractivity contribution in [3.05, 3.63) is 23.8 Å². The molecule has 1 aromatic rings. The molecule has 0 bridgehead atoms.